The number of allylic oxidation sites excluding steroid dienone is 4. The van der Waals surface area contributed by atoms with Crippen LogP contribution in [0.4, 0.5) is 0 Å². The molecule has 0 aromatic carbocycles. The first-order valence-corrected chi connectivity index (χ1v) is 4.74. The number of rotatable bonds is 0. The van der Waals surface area contributed by atoms with Gasteiger partial charge >= 0.3 is 79.2 Å². The predicted octanol–water partition coefficient (Wildman–Crippen LogP) is 4.42. The van der Waals surface area contributed by atoms with Gasteiger partial charge in [0.05, 0.1) is 0 Å². The van der Waals surface area contributed by atoms with E-state index in [1.807, 2.05) is 0 Å². The van der Waals surface area contributed by atoms with Gasteiger partial charge in [-0.15, -0.1) is 48.0 Å². The summed E-state index contributed by atoms with van der Waals surface area (Å²) in [5.74, 6) is 0. The zero-order chi connectivity index (χ0) is 8.81. The molecule has 0 fully saturated rings. The summed E-state index contributed by atoms with van der Waals surface area (Å²) in [5.41, 5.74) is 4.68. The quantitative estimate of drug-likeness (QED) is 0.346. The summed E-state index contributed by atoms with van der Waals surface area (Å²) in [6.45, 7) is 11.2. The fourth-order valence-corrected chi connectivity index (χ4v) is 2.15. The van der Waals surface area contributed by atoms with E-state index in [0.717, 1.165) is 0 Å². The third kappa shape index (κ3) is 2.78. The van der Waals surface area contributed by atoms with Crippen molar-refractivity contribution in [1.82, 2.24) is 0 Å². The Labute approximate surface area is 126 Å². The van der Waals surface area contributed by atoms with E-state index >= 15 is 0 Å². The van der Waals surface area contributed by atoms with Crippen LogP contribution in [0.25, 0.3) is 0 Å². The average molecular weight is 494 g/mol. The summed E-state index contributed by atoms with van der Waals surface area (Å²) < 4.78 is 1.42. The van der Waals surface area contributed by atoms with Crippen molar-refractivity contribution in [2.24, 2.45) is 5.41 Å². The standard InChI is InChI=1S/C10H15.2HI.Rh/c1-7-6-10(4,5)9(3)8(7)2;;;/h1-5H3;2*1H;. The first kappa shape index (κ1) is 17.0. The number of hydrogen-bond acceptors (Lipinski definition) is 0. The molecule has 0 nitrogen and oxygen atoms in total. The van der Waals surface area contributed by atoms with Crippen molar-refractivity contribution in [2.45, 2.75) is 34.6 Å². The van der Waals surface area contributed by atoms with E-state index in [1.54, 1.807) is 0 Å². The fourth-order valence-electron chi connectivity index (χ4n) is 1.53. The molecule has 0 aliphatic heterocycles. The molecular weight excluding hydrogens is 477 g/mol. The average Bonchev–Trinajstić information content (AvgIpc) is 2.06. The van der Waals surface area contributed by atoms with Crippen molar-refractivity contribution in [1.29, 1.82) is 0 Å². The first-order chi connectivity index (χ1) is 4.89. The first-order valence-electron chi connectivity index (χ1n) is 3.92. The van der Waals surface area contributed by atoms with Gasteiger partial charge < -0.3 is 0 Å². The molecule has 0 aromatic rings. The molecule has 0 N–H and O–H groups in total. The Kier molecular flexibility index (Phi) is 7.30. The summed E-state index contributed by atoms with van der Waals surface area (Å²) in [5, 5.41) is 0. The van der Waals surface area contributed by atoms with Crippen LogP contribution in [0.1, 0.15) is 34.6 Å². The summed E-state index contributed by atoms with van der Waals surface area (Å²) in [7, 11) is 0. The second-order valence-corrected chi connectivity index (χ2v) is 4.61. The maximum Gasteiger partial charge on any atom is -0.107 e. The topological polar surface area (TPSA) is 0 Å². The Bertz CT molecular complexity index is 236. The molecule has 0 spiro atoms. The molecule has 0 bridgehead atoms. The maximum atomic E-state index is 3.07. The van der Waals surface area contributed by atoms with E-state index in [-0.39, 0.29) is 53.4 Å². The SMILES string of the molecule is CC1=C(C)C(C)(C)[C]([Rh])=C1C.I.I. The molecule has 0 atom stereocenters. The molecule has 0 aromatic heterocycles. The molecule has 80 valence electrons. The van der Waals surface area contributed by atoms with Gasteiger partial charge in [0.25, 0.3) is 0 Å². The Morgan fingerprint density at radius 2 is 1.31 bits per heavy atom. The number of hydrogen-bond donors (Lipinski definition) is 0. The van der Waals surface area contributed by atoms with E-state index in [1.165, 1.54) is 20.9 Å². The van der Waals surface area contributed by atoms with Crippen molar-refractivity contribution in [2.75, 3.05) is 0 Å². The number of halogens is 2. The zero-order valence-corrected chi connectivity index (χ0v) is 14.9. The van der Waals surface area contributed by atoms with Crippen LogP contribution in [0.5, 0.6) is 0 Å². The zero-order valence-electron chi connectivity index (χ0n) is 8.65. The summed E-state index contributed by atoms with van der Waals surface area (Å²) in [6, 6.07) is 0. The monoisotopic (exact) mass is 494 g/mol. The van der Waals surface area contributed by atoms with E-state index < -0.39 is 0 Å². The van der Waals surface area contributed by atoms with Crippen molar-refractivity contribution in [3.63, 3.8) is 0 Å². The van der Waals surface area contributed by atoms with Crippen LogP contribution in [0.15, 0.2) is 20.9 Å². The molecule has 13 heavy (non-hydrogen) atoms. The van der Waals surface area contributed by atoms with E-state index in [4.69, 9.17) is 0 Å². The Hall–Kier alpha value is 1.56. The van der Waals surface area contributed by atoms with Crippen LogP contribution in [0.2, 0.25) is 0 Å². The third-order valence-electron chi connectivity index (χ3n) is 2.90. The van der Waals surface area contributed by atoms with Crippen molar-refractivity contribution in [3.05, 3.63) is 20.9 Å². The van der Waals surface area contributed by atoms with Gasteiger partial charge in [-0.25, -0.2) is 0 Å². The smallest absolute Gasteiger partial charge is 0.107 e. The van der Waals surface area contributed by atoms with Gasteiger partial charge in [-0.1, -0.05) is 0 Å². The molecule has 0 amide bonds. The Morgan fingerprint density at radius 1 is 0.923 bits per heavy atom. The van der Waals surface area contributed by atoms with Gasteiger partial charge in [0.1, 0.15) is 0 Å². The molecule has 0 heterocycles. The van der Waals surface area contributed by atoms with Crippen molar-refractivity contribution >= 4 is 48.0 Å². The van der Waals surface area contributed by atoms with Crippen molar-refractivity contribution < 1.29 is 18.3 Å². The maximum absolute atomic E-state index is 3.07. The van der Waals surface area contributed by atoms with Gasteiger partial charge in [0.2, 0.25) is 0 Å². The molecule has 1 aliphatic carbocycles. The third-order valence-corrected chi connectivity index (χ3v) is 4.53. The Balaban J connectivity index is 0. The van der Waals surface area contributed by atoms with Gasteiger partial charge in [0, 0.05) is 0 Å². The van der Waals surface area contributed by atoms with Crippen LogP contribution in [0.3, 0.4) is 0 Å². The molecule has 0 saturated carbocycles. The van der Waals surface area contributed by atoms with Crippen LogP contribution < -0.4 is 0 Å². The van der Waals surface area contributed by atoms with Crippen LogP contribution in [0, 0.1) is 5.41 Å². The van der Waals surface area contributed by atoms with Crippen LogP contribution in [-0.4, -0.2) is 0 Å². The minimum atomic E-state index is 0. The molecule has 1 rings (SSSR count). The summed E-state index contributed by atoms with van der Waals surface area (Å²) >= 11 is 3.07. The second-order valence-electron chi connectivity index (χ2n) is 3.79. The van der Waals surface area contributed by atoms with Gasteiger partial charge in [-0.05, 0) is 0 Å². The second kappa shape index (κ2) is 5.59. The molecule has 0 unspecified atom stereocenters. The normalized spacial score (nSPS) is 19.9. The minimum absolute atomic E-state index is 0. The largest absolute Gasteiger partial charge is 0.107 e. The molecule has 0 saturated heterocycles. The van der Waals surface area contributed by atoms with Gasteiger partial charge in [-0.3, -0.25) is 0 Å². The Morgan fingerprint density at radius 3 is 1.38 bits per heavy atom. The molecular formula is C10H17I2Rh. The molecule has 1 aliphatic rings. The predicted molar refractivity (Wildman–Crippen MR) is 75.7 cm³/mol. The van der Waals surface area contributed by atoms with Crippen LogP contribution in [-0.2, 0) is 18.3 Å². The van der Waals surface area contributed by atoms with Crippen molar-refractivity contribution in [3.8, 4) is 0 Å². The van der Waals surface area contributed by atoms with E-state index in [9.17, 15) is 0 Å². The summed E-state index contributed by atoms with van der Waals surface area (Å²) in [4.78, 5) is 0. The van der Waals surface area contributed by atoms with Crippen LogP contribution >= 0.6 is 48.0 Å². The molecule has 3 heteroatoms. The summed E-state index contributed by atoms with van der Waals surface area (Å²) in [6.07, 6.45) is 0. The van der Waals surface area contributed by atoms with Gasteiger partial charge in [-0.2, -0.15) is 0 Å². The van der Waals surface area contributed by atoms with E-state index in [2.05, 4.69) is 52.9 Å². The van der Waals surface area contributed by atoms with E-state index in [0.29, 0.717) is 0 Å². The molecule has 0 radical (unpaired) electrons. The van der Waals surface area contributed by atoms with Gasteiger partial charge in [0.15, 0.2) is 0 Å². The minimum Gasteiger partial charge on any atom is -0.107 e. The fraction of sp³-hybridized carbons (Fsp3) is 0.600.